The number of thioether (sulfide) groups is 1. The van der Waals surface area contributed by atoms with E-state index in [4.69, 9.17) is 11.6 Å². The Kier molecular flexibility index (Phi) is 5.64. The van der Waals surface area contributed by atoms with Crippen LogP contribution < -0.4 is 4.90 Å². The molecule has 0 bridgehead atoms. The number of aliphatic hydroxyl groups is 1. The lowest BCUT2D eigenvalue weighted by atomic mass is 10.2. The molecule has 0 amide bonds. The summed E-state index contributed by atoms with van der Waals surface area (Å²) in [5, 5.41) is 10.3. The lowest BCUT2D eigenvalue weighted by molar-refractivity contribution is 0.301. The first-order chi connectivity index (χ1) is 9.72. The molecule has 0 atom stereocenters. The molecule has 2 rings (SSSR count). The van der Waals surface area contributed by atoms with Gasteiger partial charge in [0.2, 0.25) is 0 Å². The number of rotatable bonds is 6. The standard InChI is InChI=1S/C14H16ClN3OS/c1-20-14-16-12(15)9-13(17-14)18(7-8-19)10-11-5-3-2-4-6-11/h2-6,9,19H,7-8,10H2,1H3. The van der Waals surface area contributed by atoms with Gasteiger partial charge in [-0.3, -0.25) is 0 Å². The monoisotopic (exact) mass is 309 g/mol. The molecule has 0 spiro atoms. The summed E-state index contributed by atoms with van der Waals surface area (Å²) in [5.74, 6) is 0.729. The van der Waals surface area contributed by atoms with E-state index in [0.717, 1.165) is 11.4 Å². The molecule has 20 heavy (non-hydrogen) atoms. The van der Waals surface area contributed by atoms with Crippen LogP contribution >= 0.6 is 23.4 Å². The summed E-state index contributed by atoms with van der Waals surface area (Å²) in [4.78, 5) is 10.6. The molecule has 0 fully saturated rings. The molecule has 0 unspecified atom stereocenters. The van der Waals surface area contributed by atoms with E-state index < -0.39 is 0 Å². The number of hydrogen-bond acceptors (Lipinski definition) is 5. The molecule has 0 radical (unpaired) electrons. The van der Waals surface area contributed by atoms with Gasteiger partial charge in [-0.15, -0.1) is 0 Å². The number of hydrogen-bond donors (Lipinski definition) is 1. The minimum atomic E-state index is 0.0586. The highest BCUT2D eigenvalue weighted by molar-refractivity contribution is 7.98. The molecule has 4 nitrogen and oxygen atoms in total. The molecule has 1 N–H and O–H groups in total. The predicted octanol–water partition coefficient (Wildman–Crippen LogP) is 2.85. The maximum Gasteiger partial charge on any atom is 0.190 e. The Balaban J connectivity index is 2.26. The van der Waals surface area contributed by atoms with Crippen LogP contribution in [-0.2, 0) is 6.54 Å². The van der Waals surface area contributed by atoms with Gasteiger partial charge in [0.1, 0.15) is 11.0 Å². The molecule has 1 aromatic carbocycles. The lowest BCUT2D eigenvalue weighted by Crippen LogP contribution is -2.27. The van der Waals surface area contributed by atoms with Crippen LogP contribution in [-0.4, -0.2) is 34.5 Å². The summed E-state index contributed by atoms with van der Waals surface area (Å²) in [7, 11) is 0. The molecule has 0 aliphatic carbocycles. The Bertz CT molecular complexity index is 553. The van der Waals surface area contributed by atoms with Crippen LogP contribution in [0.4, 0.5) is 5.82 Å². The van der Waals surface area contributed by atoms with E-state index in [2.05, 4.69) is 9.97 Å². The summed E-state index contributed by atoms with van der Waals surface area (Å²) in [5.41, 5.74) is 1.15. The van der Waals surface area contributed by atoms with E-state index >= 15 is 0 Å². The van der Waals surface area contributed by atoms with E-state index in [1.807, 2.05) is 41.5 Å². The quantitative estimate of drug-likeness (QED) is 0.505. The van der Waals surface area contributed by atoms with E-state index in [-0.39, 0.29) is 6.61 Å². The normalized spacial score (nSPS) is 10.6. The fourth-order valence-electron chi connectivity index (χ4n) is 1.84. The van der Waals surface area contributed by atoms with Crippen molar-refractivity contribution < 1.29 is 5.11 Å². The third-order valence-electron chi connectivity index (χ3n) is 2.75. The van der Waals surface area contributed by atoms with Crippen molar-refractivity contribution in [2.24, 2.45) is 0 Å². The predicted molar refractivity (Wildman–Crippen MR) is 83.4 cm³/mol. The third-order valence-corrected chi connectivity index (χ3v) is 3.49. The largest absolute Gasteiger partial charge is 0.395 e. The highest BCUT2D eigenvalue weighted by Crippen LogP contribution is 2.21. The first-order valence-corrected chi connectivity index (χ1v) is 7.81. The van der Waals surface area contributed by atoms with Crippen molar-refractivity contribution in [3.05, 3.63) is 47.1 Å². The van der Waals surface area contributed by atoms with Crippen LogP contribution in [0.5, 0.6) is 0 Å². The molecule has 106 valence electrons. The second kappa shape index (κ2) is 7.47. The van der Waals surface area contributed by atoms with Crippen molar-refractivity contribution in [3.63, 3.8) is 0 Å². The summed E-state index contributed by atoms with van der Waals surface area (Å²) in [6.07, 6.45) is 1.91. The van der Waals surface area contributed by atoms with Gasteiger partial charge >= 0.3 is 0 Å². The molecule has 0 aliphatic rings. The van der Waals surface area contributed by atoms with Crippen molar-refractivity contribution in [2.45, 2.75) is 11.7 Å². The van der Waals surface area contributed by atoms with Gasteiger partial charge in [0.25, 0.3) is 0 Å². The highest BCUT2D eigenvalue weighted by Gasteiger charge is 2.11. The van der Waals surface area contributed by atoms with Gasteiger partial charge in [-0.2, -0.15) is 0 Å². The van der Waals surface area contributed by atoms with Crippen LogP contribution in [0, 0.1) is 0 Å². The molecule has 2 aromatic rings. The van der Waals surface area contributed by atoms with Crippen LogP contribution in [0.2, 0.25) is 5.15 Å². The molecular formula is C14H16ClN3OS. The molecule has 1 heterocycles. The summed E-state index contributed by atoms with van der Waals surface area (Å²) in [6.45, 7) is 1.22. The Hall–Kier alpha value is -1.30. The van der Waals surface area contributed by atoms with Crippen molar-refractivity contribution in [1.82, 2.24) is 9.97 Å². The van der Waals surface area contributed by atoms with Gasteiger partial charge in [0, 0.05) is 19.2 Å². The lowest BCUT2D eigenvalue weighted by Gasteiger charge is -2.23. The van der Waals surface area contributed by atoms with Gasteiger partial charge in [-0.05, 0) is 11.8 Å². The molecule has 6 heteroatoms. The Morgan fingerprint density at radius 1 is 1.25 bits per heavy atom. The average Bonchev–Trinajstić information content (AvgIpc) is 2.47. The van der Waals surface area contributed by atoms with Gasteiger partial charge in [0.15, 0.2) is 5.16 Å². The second-order valence-electron chi connectivity index (χ2n) is 4.17. The average molecular weight is 310 g/mol. The minimum absolute atomic E-state index is 0.0586. The van der Waals surface area contributed by atoms with Crippen LogP contribution in [0.25, 0.3) is 0 Å². The highest BCUT2D eigenvalue weighted by atomic mass is 35.5. The minimum Gasteiger partial charge on any atom is -0.395 e. The van der Waals surface area contributed by atoms with Gasteiger partial charge < -0.3 is 10.0 Å². The topological polar surface area (TPSA) is 49.2 Å². The smallest absolute Gasteiger partial charge is 0.190 e. The molecule has 1 aromatic heterocycles. The van der Waals surface area contributed by atoms with E-state index in [1.165, 1.54) is 11.8 Å². The Morgan fingerprint density at radius 3 is 2.65 bits per heavy atom. The van der Waals surface area contributed by atoms with E-state index in [1.54, 1.807) is 6.07 Å². The van der Waals surface area contributed by atoms with E-state index in [9.17, 15) is 5.11 Å². The first kappa shape index (κ1) is 15.1. The zero-order valence-corrected chi connectivity index (χ0v) is 12.7. The third kappa shape index (κ3) is 4.10. The van der Waals surface area contributed by atoms with Gasteiger partial charge in [-0.1, -0.05) is 53.7 Å². The van der Waals surface area contributed by atoms with Gasteiger partial charge in [-0.25, -0.2) is 9.97 Å². The zero-order valence-electron chi connectivity index (χ0n) is 11.2. The number of aromatic nitrogens is 2. The van der Waals surface area contributed by atoms with Crippen molar-refractivity contribution in [1.29, 1.82) is 0 Å². The second-order valence-corrected chi connectivity index (χ2v) is 5.33. The summed E-state index contributed by atoms with van der Waals surface area (Å²) < 4.78 is 0. The first-order valence-electron chi connectivity index (χ1n) is 6.21. The number of benzene rings is 1. The fraction of sp³-hybridized carbons (Fsp3) is 0.286. The Labute approximate surface area is 127 Å². The van der Waals surface area contributed by atoms with Crippen LogP contribution in [0.3, 0.4) is 0 Å². The van der Waals surface area contributed by atoms with Crippen LogP contribution in [0.1, 0.15) is 5.56 Å². The van der Waals surface area contributed by atoms with Gasteiger partial charge in [0.05, 0.1) is 6.61 Å². The van der Waals surface area contributed by atoms with Crippen molar-refractivity contribution in [3.8, 4) is 0 Å². The zero-order chi connectivity index (χ0) is 14.4. The maximum atomic E-state index is 9.25. The fourth-order valence-corrected chi connectivity index (χ4v) is 2.44. The number of anilines is 1. The summed E-state index contributed by atoms with van der Waals surface area (Å²) >= 11 is 7.47. The Morgan fingerprint density at radius 2 is 2.00 bits per heavy atom. The molecule has 0 saturated carbocycles. The van der Waals surface area contributed by atoms with Crippen LogP contribution in [0.15, 0.2) is 41.6 Å². The van der Waals surface area contributed by atoms with E-state index in [0.29, 0.717) is 23.4 Å². The summed E-state index contributed by atoms with van der Waals surface area (Å²) in [6, 6.07) is 11.8. The number of halogens is 1. The molecule has 0 saturated heterocycles. The molecule has 0 aliphatic heterocycles. The van der Waals surface area contributed by atoms with Crippen molar-refractivity contribution in [2.75, 3.05) is 24.3 Å². The number of nitrogens with zero attached hydrogens (tertiary/aromatic N) is 3. The number of aliphatic hydroxyl groups excluding tert-OH is 1. The maximum absolute atomic E-state index is 9.25. The SMILES string of the molecule is CSc1nc(Cl)cc(N(CCO)Cc2ccccc2)n1. The molecular weight excluding hydrogens is 294 g/mol. The van der Waals surface area contributed by atoms with Crippen molar-refractivity contribution >= 4 is 29.2 Å².